The average Bonchev–Trinajstić information content (AvgIpc) is 2.61. The maximum atomic E-state index is 11.7. The average molecular weight is 454 g/mol. The van der Waals surface area contributed by atoms with Gasteiger partial charge in [0.1, 0.15) is 0 Å². The van der Waals surface area contributed by atoms with E-state index in [2.05, 4.69) is 23.8 Å². The Labute approximate surface area is 159 Å². The fraction of sp³-hybridized carbons (Fsp3) is 0.889. The molecule has 24 heavy (non-hydrogen) atoms. The first-order valence-corrected chi connectivity index (χ1v) is 10.1. The summed E-state index contributed by atoms with van der Waals surface area (Å²) in [4.78, 5) is 34.0. The molecule has 0 heterocycles. The number of Topliss-reactive ketones (excluding diaryl/α,β-unsaturated/α-hetero) is 1. The van der Waals surface area contributed by atoms with E-state index >= 15 is 0 Å². The van der Waals surface area contributed by atoms with Crippen LogP contribution < -0.4 is 0 Å². The number of hydrogen-bond donors (Lipinski definition) is 0. The number of hydrogen-bond acceptors (Lipinski definition) is 5. The van der Waals surface area contributed by atoms with Gasteiger partial charge in [0.2, 0.25) is 5.78 Å². The van der Waals surface area contributed by atoms with E-state index in [4.69, 9.17) is 9.78 Å². The molecule has 0 saturated heterocycles. The number of carbonyl (C=O) groups is 2. The summed E-state index contributed by atoms with van der Waals surface area (Å²) in [7, 11) is 0. The van der Waals surface area contributed by atoms with Crippen molar-refractivity contribution in [3.05, 3.63) is 0 Å². The fourth-order valence-corrected chi connectivity index (χ4v) is 3.33. The third kappa shape index (κ3) is 7.78. The van der Waals surface area contributed by atoms with Crippen LogP contribution in [0, 0.1) is 11.8 Å². The summed E-state index contributed by atoms with van der Waals surface area (Å²) < 4.78 is 4.45. The van der Waals surface area contributed by atoms with E-state index < -0.39 is 11.8 Å². The molecule has 2 rings (SSSR count). The van der Waals surface area contributed by atoms with Gasteiger partial charge in [-0.2, -0.15) is 0 Å². The zero-order chi connectivity index (χ0) is 17.9. The highest BCUT2D eigenvalue weighted by atomic mass is 127. The highest BCUT2D eigenvalue weighted by molar-refractivity contribution is 14.1. The molecule has 2 aliphatic rings. The zero-order valence-electron chi connectivity index (χ0n) is 15.1. The molecule has 2 aliphatic carbocycles. The van der Waals surface area contributed by atoms with Gasteiger partial charge >= 0.3 is 5.97 Å². The molecule has 140 valence electrons. The van der Waals surface area contributed by atoms with E-state index in [9.17, 15) is 9.59 Å². The van der Waals surface area contributed by atoms with Crippen LogP contribution in [0.1, 0.15) is 78.6 Å². The molecule has 2 fully saturated rings. The van der Waals surface area contributed by atoms with Crippen molar-refractivity contribution in [3.63, 3.8) is 0 Å². The van der Waals surface area contributed by atoms with Gasteiger partial charge in [-0.1, -0.05) is 27.2 Å². The minimum absolute atomic E-state index is 0.0454. The van der Waals surface area contributed by atoms with Gasteiger partial charge in [-0.05, 0) is 57.3 Å². The van der Waals surface area contributed by atoms with Gasteiger partial charge in [0.05, 0.1) is 12.2 Å². The Morgan fingerprint density at radius 1 is 0.875 bits per heavy atom. The molecule has 0 amide bonds. The zero-order valence-corrected chi connectivity index (χ0v) is 17.3. The minimum atomic E-state index is -0.743. The molecule has 2 saturated carbocycles. The lowest BCUT2D eigenvalue weighted by atomic mass is 9.85. The predicted octanol–water partition coefficient (Wildman–Crippen LogP) is 4.95. The summed E-state index contributed by atoms with van der Waals surface area (Å²) in [5, 5.41) is 0. The monoisotopic (exact) mass is 454 g/mol. The topological polar surface area (TPSA) is 61.8 Å². The maximum absolute atomic E-state index is 11.7. The van der Waals surface area contributed by atoms with Crippen LogP contribution in [0.4, 0.5) is 0 Å². The molecule has 0 radical (unpaired) electrons. The quantitative estimate of drug-likeness (QED) is 0.255. The SMILES string of the molecule is CC1CCC(OOC2CCC(C(=O)C(=O)OI)CC2)CC1.CCC. The smallest absolute Gasteiger partial charge is 0.384 e. The Morgan fingerprint density at radius 2 is 1.29 bits per heavy atom. The van der Waals surface area contributed by atoms with Crippen LogP contribution in [0.15, 0.2) is 0 Å². The number of halogens is 1. The second-order valence-electron chi connectivity index (χ2n) is 6.98. The van der Waals surface area contributed by atoms with Crippen LogP contribution in [-0.4, -0.2) is 24.0 Å². The summed E-state index contributed by atoms with van der Waals surface area (Å²) in [6.07, 6.45) is 8.90. The number of carbonyl (C=O) groups excluding carboxylic acids is 2. The van der Waals surface area contributed by atoms with Crippen molar-refractivity contribution in [1.82, 2.24) is 0 Å². The first-order chi connectivity index (χ1) is 11.5. The number of ketones is 1. The van der Waals surface area contributed by atoms with Crippen molar-refractivity contribution in [2.75, 3.05) is 0 Å². The van der Waals surface area contributed by atoms with Gasteiger partial charge < -0.3 is 3.07 Å². The molecule has 0 aromatic heterocycles. The van der Waals surface area contributed by atoms with Crippen molar-refractivity contribution in [2.24, 2.45) is 11.8 Å². The van der Waals surface area contributed by atoms with Crippen molar-refractivity contribution in [3.8, 4) is 0 Å². The van der Waals surface area contributed by atoms with Crippen LogP contribution in [0.3, 0.4) is 0 Å². The molecule has 0 N–H and O–H groups in total. The molecule has 6 heteroatoms. The van der Waals surface area contributed by atoms with Crippen molar-refractivity contribution < 1.29 is 22.4 Å². The Hall–Kier alpha value is -0.210. The van der Waals surface area contributed by atoms with Crippen LogP contribution in [0.2, 0.25) is 0 Å². The second kappa shape index (κ2) is 12.2. The predicted molar refractivity (Wildman–Crippen MR) is 100 cm³/mol. The maximum Gasteiger partial charge on any atom is 0.384 e. The van der Waals surface area contributed by atoms with Gasteiger partial charge in [0.15, 0.2) is 23.0 Å². The Balaban J connectivity index is 0.000000891. The Kier molecular flexibility index (Phi) is 11.1. The van der Waals surface area contributed by atoms with Crippen molar-refractivity contribution in [1.29, 1.82) is 0 Å². The van der Waals surface area contributed by atoms with Crippen molar-refractivity contribution in [2.45, 2.75) is 90.8 Å². The molecule has 0 aromatic carbocycles. The summed E-state index contributed by atoms with van der Waals surface area (Å²) >= 11 is 1.45. The summed E-state index contributed by atoms with van der Waals surface area (Å²) in [6, 6.07) is 0. The molecule has 0 atom stereocenters. The van der Waals surface area contributed by atoms with E-state index in [1.807, 2.05) is 0 Å². The molecular formula is C18H31IO5. The summed E-state index contributed by atoms with van der Waals surface area (Å²) in [5.74, 6) is -0.579. The fourth-order valence-electron chi connectivity index (χ4n) is 3.11. The molecule has 5 nitrogen and oxygen atoms in total. The van der Waals surface area contributed by atoms with Crippen LogP contribution in [-0.2, 0) is 22.4 Å². The standard InChI is InChI=1S/C15H23IO5.C3H8/c1-10-2-6-12(7-3-10)20-21-13-8-4-11(5-9-13)14(17)15(18)19-16;1-3-2/h10-13H,2-9H2,1H3;3H2,1-2H3. The molecular weight excluding hydrogens is 423 g/mol. The normalized spacial score (nSPS) is 30.0. The van der Waals surface area contributed by atoms with E-state index in [0.29, 0.717) is 12.8 Å². The Morgan fingerprint density at radius 3 is 1.71 bits per heavy atom. The lowest BCUT2D eigenvalue weighted by Gasteiger charge is -2.29. The minimum Gasteiger partial charge on any atom is -0.389 e. The van der Waals surface area contributed by atoms with Crippen LogP contribution in [0.25, 0.3) is 0 Å². The molecule has 0 spiro atoms. The van der Waals surface area contributed by atoms with Gasteiger partial charge in [-0.25, -0.2) is 14.6 Å². The molecule has 0 unspecified atom stereocenters. The lowest BCUT2D eigenvalue weighted by Crippen LogP contribution is -2.31. The highest BCUT2D eigenvalue weighted by Gasteiger charge is 2.32. The van der Waals surface area contributed by atoms with Crippen LogP contribution in [0.5, 0.6) is 0 Å². The summed E-state index contributed by atoms with van der Waals surface area (Å²) in [6.45, 7) is 6.52. The Bertz CT molecular complexity index is 372. The first-order valence-electron chi connectivity index (χ1n) is 9.20. The molecule has 0 aliphatic heterocycles. The third-order valence-electron chi connectivity index (χ3n) is 4.61. The molecule has 0 aromatic rings. The van der Waals surface area contributed by atoms with Crippen LogP contribution >= 0.6 is 23.0 Å². The van der Waals surface area contributed by atoms with E-state index in [0.717, 1.165) is 31.6 Å². The molecule has 0 bridgehead atoms. The lowest BCUT2D eigenvalue weighted by molar-refractivity contribution is -0.359. The van der Waals surface area contributed by atoms with Gasteiger partial charge in [-0.15, -0.1) is 0 Å². The first kappa shape index (κ1) is 21.8. The van der Waals surface area contributed by atoms with Gasteiger partial charge in [0, 0.05) is 5.92 Å². The van der Waals surface area contributed by atoms with Gasteiger partial charge in [0.25, 0.3) is 0 Å². The third-order valence-corrected chi connectivity index (χ3v) is 5.01. The number of rotatable bonds is 5. The largest absolute Gasteiger partial charge is 0.389 e. The highest BCUT2D eigenvalue weighted by Crippen LogP contribution is 2.30. The van der Waals surface area contributed by atoms with E-state index in [1.165, 1.54) is 42.3 Å². The van der Waals surface area contributed by atoms with E-state index in [-0.39, 0.29) is 18.1 Å². The van der Waals surface area contributed by atoms with Crippen molar-refractivity contribution >= 4 is 34.8 Å². The van der Waals surface area contributed by atoms with Gasteiger partial charge in [-0.3, -0.25) is 4.79 Å². The second-order valence-corrected chi connectivity index (χ2v) is 7.42. The summed E-state index contributed by atoms with van der Waals surface area (Å²) in [5.41, 5.74) is 0. The van der Waals surface area contributed by atoms with E-state index in [1.54, 1.807) is 0 Å².